The molecule has 0 radical (unpaired) electrons. The van der Waals surface area contributed by atoms with E-state index in [1.807, 2.05) is 55.4 Å². The van der Waals surface area contributed by atoms with Crippen LogP contribution in [0, 0.1) is 11.8 Å². The number of hydrogen-bond donors (Lipinski definition) is 9. The number of nitrogens with zero attached hydrogens (tertiary/aromatic N) is 1. The first-order valence-electron chi connectivity index (χ1n) is 28.0. The van der Waals surface area contributed by atoms with E-state index in [1.54, 1.807) is 0 Å². The van der Waals surface area contributed by atoms with Crippen LogP contribution in [0.4, 0.5) is 0 Å². The second-order valence-corrected chi connectivity index (χ2v) is 19.8. The minimum Gasteiger partial charge on any atom is -0.396 e. The van der Waals surface area contributed by atoms with Gasteiger partial charge < -0.3 is 122 Å². The largest absolute Gasteiger partial charge is 0.396 e. The Kier molecular flexibility index (Phi) is 52.1. The molecule has 0 aliphatic carbocycles. The third-order valence-electron chi connectivity index (χ3n) is 11.4. The molecule has 11 unspecified atom stereocenters. The molecule has 0 saturated heterocycles. The Hall–Kier alpha value is -1.00. The molecule has 0 rings (SSSR count). The molecule has 25 nitrogen and oxygen atoms in total. The molecular weight excluding hydrogens is 1030 g/mol. The minimum absolute atomic E-state index is 0.00617. The van der Waals surface area contributed by atoms with Crippen LogP contribution < -0.4 is 0 Å². The van der Waals surface area contributed by atoms with Crippen LogP contribution in [0.3, 0.4) is 0 Å². The monoisotopic (exact) mass is 1140 g/mol. The van der Waals surface area contributed by atoms with Crippen molar-refractivity contribution in [3.05, 3.63) is 0 Å². The first kappa shape index (κ1) is 77.0. The van der Waals surface area contributed by atoms with Crippen molar-refractivity contribution in [3.63, 3.8) is 0 Å². The molecule has 0 aromatic carbocycles. The van der Waals surface area contributed by atoms with Crippen molar-refractivity contribution >= 4 is 0 Å². The first-order valence-corrected chi connectivity index (χ1v) is 28.0. The quantitative estimate of drug-likeness (QED) is 0.0319. The lowest BCUT2D eigenvalue weighted by molar-refractivity contribution is -0.152. The summed E-state index contributed by atoms with van der Waals surface area (Å²) in [6.07, 6.45) is -6.79. The second kappa shape index (κ2) is 52.8. The van der Waals surface area contributed by atoms with Gasteiger partial charge in [-0.05, 0) is 53.1 Å². The highest BCUT2D eigenvalue weighted by Gasteiger charge is 2.24. The molecular formula is C53H109NO24. The Balaban J connectivity index is 6.06. The third-order valence-corrected chi connectivity index (χ3v) is 11.4. The number of aliphatic hydroxyl groups excluding tert-OH is 9. The summed E-state index contributed by atoms with van der Waals surface area (Å²) in [6, 6.07) is 0. The molecule has 0 aliphatic rings. The van der Waals surface area contributed by atoms with E-state index in [2.05, 4.69) is 4.90 Å². The summed E-state index contributed by atoms with van der Waals surface area (Å²) >= 11 is 0. The van der Waals surface area contributed by atoms with Crippen LogP contribution in [0.25, 0.3) is 0 Å². The maximum Gasteiger partial charge on any atom is 0.104 e. The van der Waals surface area contributed by atoms with E-state index in [9.17, 15) is 46.0 Å². The van der Waals surface area contributed by atoms with Gasteiger partial charge in [0.05, 0.1) is 177 Å². The van der Waals surface area contributed by atoms with Crippen molar-refractivity contribution in [2.75, 3.05) is 198 Å². The van der Waals surface area contributed by atoms with Gasteiger partial charge in [0.15, 0.2) is 0 Å². The van der Waals surface area contributed by atoms with Crippen LogP contribution >= 0.6 is 0 Å². The zero-order valence-corrected chi connectivity index (χ0v) is 48.6. The minimum atomic E-state index is -0.876. The maximum atomic E-state index is 10.4. The van der Waals surface area contributed by atoms with Crippen molar-refractivity contribution in [1.82, 2.24) is 4.90 Å². The van der Waals surface area contributed by atoms with Gasteiger partial charge in [0.25, 0.3) is 0 Å². The highest BCUT2D eigenvalue weighted by atomic mass is 16.6. The standard InChI is InChI=1S/C53H109NO24/c1-9-54(10-2)16-44(18-57)72-34-48(22-61)75-39-52(76-35-49(23-62)73-36-50(24-63)78-42(7)8)32-67-30-47(21-60)74-38-53(33-65-28-45(19-58)69-15-14-64-26-43(17-56)27-70-41(5)6)77-37-51(68-13-11-12-55)31-66-29-46(20-59)71-25-40(3)4/h40-53,55-63H,9-39H2,1-8H3. The van der Waals surface area contributed by atoms with Gasteiger partial charge in [0.1, 0.15) is 54.9 Å². The summed E-state index contributed by atoms with van der Waals surface area (Å²) in [5, 5.41) is 89.5. The Morgan fingerprint density at radius 2 is 0.679 bits per heavy atom. The Bertz CT molecular complexity index is 1250. The van der Waals surface area contributed by atoms with E-state index >= 15 is 0 Å². The van der Waals surface area contributed by atoms with Gasteiger partial charge in [-0.15, -0.1) is 0 Å². The highest BCUT2D eigenvalue weighted by Crippen LogP contribution is 2.11. The average Bonchev–Trinajstić information content (AvgIpc) is 3.43. The van der Waals surface area contributed by atoms with Gasteiger partial charge in [-0.3, -0.25) is 0 Å². The van der Waals surface area contributed by atoms with Crippen molar-refractivity contribution in [1.29, 1.82) is 0 Å². The lowest BCUT2D eigenvalue weighted by Crippen LogP contribution is -2.40. The number of likely N-dealkylation sites (N-methyl/N-ethyl adjacent to an activating group) is 1. The molecule has 0 aromatic rings. The van der Waals surface area contributed by atoms with Gasteiger partial charge in [0, 0.05) is 32.3 Å². The molecule has 0 heterocycles. The molecule has 25 heteroatoms. The number of hydrogen-bond acceptors (Lipinski definition) is 25. The summed E-state index contributed by atoms with van der Waals surface area (Å²) in [5.41, 5.74) is 0. The predicted molar refractivity (Wildman–Crippen MR) is 287 cm³/mol. The molecule has 0 bridgehead atoms. The predicted octanol–water partition coefficient (Wildman–Crippen LogP) is -1.33. The molecule has 0 aliphatic heterocycles. The van der Waals surface area contributed by atoms with Gasteiger partial charge in [0.2, 0.25) is 0 Å². The lowest BCUT2D eigenvalue weighted by Gasteiger charge is -2.28. The first-order chi connectivity index (χ1) is 37.7. The Labute approximate surface area is 465 Å². The molecule has 11 atom stereocenters. The van der Waals surface area contributed by atoms with Crippen molar-refractivity contribution in [2.45, 2.75) is 135 Å². The van der Waals surface area contributed by atoms with Gasteiger partial charge in [-0.25, -0.2) is 0 Å². The SMILES string of the molecule is CCN(CC)CC(CO)OCC(CO)OCC(COCC(CO)OCC(COCC(CO)OCCOCC(CO)COC(C)C)OCC(COCC(CO)OCC(C)C)OCCCO)OCC(CO)OCC(CO)OC(C)C. The van der Waals surface area contributed by atoms with Gasteiger partial charge in [-0.1, -0.05) is 27.7 Å². The molecule has 0 saturated carbocycles. The topological polar surface area (TPSA) is 324 Å². The molecule has 9 N–H and O–H groups in total. The van der Waals surface area contributed by atoms with Crippen molar-refractivity contribution < 1.29 is 117 Å². The average molecular weight is 1140 g/mol. The van der Waals surface area contributed by atoms with Crippen LogP contribution in [0.5, 0.6) is 0 Å². The molecule has 0 spiro atoms. The van der Waals surface area contributed by atoms with Crippen molar-refractivity contribution in [2.24, 2.45) is 11.8 Å². The fourth-order valence-corrected chi connectivity index (χ4v) is 6.76. The zero-order valence-electron chi connectivity index (χ0n) is 48.6. The van der Waals surface area contributed by atoms with Crippen molar-refractivity contribution in [3.8, 4) is 0 Å². The Morgan fingerprint density at radius 3 is 1.09 bits per heavy atom. The number of aliphatic hydroxyl groups is 9. The van der Waals surface area contributed by atoms with Crippen LogP contribution in [0.15, 0.2) is 0 Å². The second-order valence-electron chi connectivity index (χ2n) is 19.8. The van der Waals surface area contributed by atoms with Gasteiger partial charge >= 0.3 is 0 Å². The van der Waals surface area contributed by atoms with E-state index in [0.29, 0.717) is 26.2 Å². The van der Waals surface area contributed by atoms with Crippen LogP contribution in [-0.4, -0.2) is 322 Å². The smallest absolute Gasteiger partial charge is 0.104 e. The molecule has 470 valence electrons. The summed E-state index contributed by atoms with van der Waals surface area (Å²) in [5.74, 6) is 0.0692. The van der Waals surface area contributed by atoms with E-state index in [0.717, 1.165) is 13.1 Å². The van der Waals surface area contributed by atoms with Crippen LogP contribution in [-0.2, 0) is 71.1 Å². The normalized spacial score (nSPS) is 16.7. The summed E-state index contributed by atoms with van der Waals surface area (Å²) in [7, 11) is 0. The maximum absolute atomic E-state index is 10.4. The third kappa shape index (κ3) is 42.8. The van der Waals surface area contributed by atoms with Crippen LogP contribution in [0.1, 0.15) is 61.8 Å². The summed E-state index contributed by atoms with van der Waals surface area (Å²) < 4.78 is 88.6. The van der Waals surface area contributed by atoms with Gasteiger partial charge in [-0.2, -0.15) is 0 Å². The van der Waals surface area contributed by atoms with E-state index in [4.69, 9.17) is 71.1 Å². The summed E-state index contributed by atoms with van der Waals surface area (Å²) in [4.78, 5) is 2.11. The molecule has 0 amide bonds. The molecule has 0 aromatic heterocycles. The zero-order chi connectivity index (χ0) is 58.2. The lowest BCUT2D eigenvalue weighted by atomic mass is 10.2. The van der Waals surface area contributed by atoms with E-state index < -0.39 is 80.9 Å². The highest BCUT2D eigenvalue weighted by molar-refractivity contribution is 4.70. The van der Waals surface area contributed by atoms with E-state index in [1.165, 1.54) is 0 Å². The Morgan fingerprint density at radius 1 is 0.308 bits per heavy atom. The fourth-order valence-electron chi connectivity index (χ4n) is 6.76. The van der Waals surface area contributed by atoms with E-state index in [-0.39, 0.29) is 169 Å². The number of rotatable bonds is 60. The summed E-state index contributed by atoms with van der Waals surface area (Å²) in [6.45, 7) is 16.2. The fraction of sp³-hybridized carbons (Fsp3) is 1.00. The van der Waals surface area contributed by atoms with Crippen LogP contribution in [0.2, 0.25) is 0 Å². The molecule has 78 heavy (non-hydrogen) atoms. The molecule has 0 fully saturated rings. The number of ether oxygens (including phenoxy) is 15.